The summed E-state index contributed by atoms with van der Waals surface area (Å²) in [6, 6.07) is 17.9. The van der Waals surface area contributed by atoms with E-state index >= 15 is 0 Å². The zero-order chi connectivity index (χ0) is 19.2. The highest BCUT2D eigenvalue weighted by Crippen LogP contribution is 2.20. The van der Waals surface area contributed by atoms with Gasteiger partial charge in [-0.1, -0.05) is 48.0 Å². The number of aromatic nitrogens is 1. The quantitative estimate of drug-likeness (QED) is 0.697. The van der Waals surface area contributed by atoms with E-state index < -0.39 is 0 Å². The van der Waals surface area contributed by atoms with Crippen LogP contribution in [0.15, 0.2) is 66.9 Å². The summed E-state index contributed by atoms with van der Waals surface area (Å²) in [5.74, 6) is -0.679. The van der Waals surface area contributed by atoms with Crippen molar-refractivity contribution in [3.8, 4) is 0 Å². The standard InChI is InChI=1S/C21H18ClN3O2/c1-14-7-8-17(12-18(14)22)25-20(26)16-9-10-23-19(11-16)21(27)24-13-15-5-3-2-4-6-15/h2-12H,13H2,1H3,(H,24,27)(H,25,26). The Morgan fingerprint density at radius 3 is 2.52 bits per heavy atom. The fourth-order valence-corrected chi connectivity index (χ4v) is 2.62. The maximum absolute atomic E-state index is 12.5. The monoisotopic (exact) mass is 379 g/mol. The van der Waals surface area contributed by atoms with Gasteiger partial charge in [0.25, 0.3) is 11.8 Å². The van der Waals surface area contributed by atoms with E-state index in [9.17, 15) is 9.59 Å². The molecular weight excluding hydrogens is 362 g/mol. The van der Waals surface area contributed by atoms with Crippen LogP contribution in [0.3, 0.4) is 0 Å². The molecule has 0 unspecified atom stereocenters. The lowest BCUT2D eigenvalue weighted by atomic mass is 10.2. The first-order chi connectivity index (χ1) is 13.0. The first-order valence-corrected chi connectivity index (χ1v) is 8.76. The predicted molar refractivity (Wildman–Crippen MR) is 106 cm³/mol. The molecule has 0 radical (unpaired) electrons. The van der Waals surface area contributed by atoms with Gasteiger partial charge in [0.05, 0.1) is 0 Å². The molecule has 3 aromatic rings. The minimum absolute atomic E-state index is 0.181. The van der Waals surface area contributed by atoms with Crippen molar-refractivity contribution in [1.29, 1.82) is 0 Å². The Labute approximate surface area is 162 Å². The topological polar surface area (TPSA) is 71.1 Å². The molecule has 0 spiro atoms. The number of carbonyl (C=O) groups is 2. The second-order valence-electron chi connectivity index (χ2n) is 6.02. The fourth-order valence-electron chi connectivity index (χ4n) is 2.44. The molecule has 0 fully saturated rings. The van der Waals surface area contributed by atoms with Gasteiger partial charge in [0.1, 0.15) is 5.69 Å². The molecule has 0 saturated heterocycles. The maximum atomic E-state index is 12.5. The number of carbonyl (C=O) groups excluding carboxylic acids is 2. The van der Waals surface area contributed by atoms with E-state index in [4.69, 9.17) is 11.6 Å². The first kappa shape index (κ1) is 18.6. The molecule has 2 amide bonds. The Morgan fingerprint density at radius 1 is 1.00 bits per heavy atom. The smallest absolute Gasteiger partial charge is 0.270 e. The lowest BCUT2D eigenvalue weighted by Crippen LogP contribution is -2.24. The van der Waals surface area contributed by atoms with Crippen LogP contribution in [0, 0.1) is 6.92 Å². The van der Waals surface area contributed by atoms with Crippen LogP contribution < -0.4 is 10.6 Å². The Morgan fingerprint density at radius 2 is 1.78 bits per heavy atom. The molecule has 27 heavy (non-hydrogen) atoms. The van der Waals surface area contributed by atoms with Crippen molar-refractivity contribution in [2.24, 2.45) is 0 Å². The van der Waals surface area contributed by atoms with Gasteiger partial charge in [0.15, 0.2) is 0 Å². The summed E-state index contributed by atoms with van der Waals surface area (Å²) in [7, 11) is 0. The average molecular weight is 380 g/mol. The highest BCUT2D eigenvalue weighted by molar-refractivity contribution is 6.31. The van der Waals surface area contributed by atoms with Crippen molar-refractivity contribution in [3.63, 3.8) is 0 Å². The van der Waals surface area contributed by atoms with Crippen LogP contribution >= 0.6 is 11.6 Å². The van der Waals surface area contributed by atoms with Crippen LogP contribution in [-0.2, 0) is 6.54 Å². The van der Waals surface area contributed by atoms with Gasteiger partial charge in [0.2, 0.25) is 0 Å². The predicted octanol–water partition coefficient (Wildman–Crippen LogP) is 4.23. The van der Waals surface area contributed by atoms with E-state index in [1.54, 1.807) is 18.2 Å². The number of amides is 2. The molecule has 0 aliphatic rings. The average Bonchev–Trinajstić information content (AvgIpc) is 2.70. The molecule has 0 saturated carbocycles. The van der Waals surface area contributed by atoms with Crippen molar-refractivity contribution < 1.29 is 9.59 Å². The summed E-state index contributed by atoms with van der Waals surface area (Å²) < 4.78 is 0. The van der Waals surface area contributed by atoms with Gasteiger partial charge in [-0.3, -0.25) is 14.6 Å². The molecule has 1 aromatic heterocycles. The van der Waals surface area contributed by atoms with E-state index in [0.717, 1.165) is 11.1 Å². The van der Waals surface area contributed by atoms with Gasteiger partial charge < -0.3 is 10.6 Å². The van der Waals surface area contributed by atoms with Gasteiger partial charge in [-0.25, -0.2) is 0 Å². The number of aryl methyl sites for hydroxylation is 1. The molecule has 0 aliphatic heterocycles. The number of nitrogens with zero attached hydrogens (tertiary/aromatic N) is 1. The van der Waals surface area contributed by atoms with Crippen LogP contribution in [0.1, 0.15) is 32.0 Å². The van der Waals surface area contributed by atoms with Crippen molar-refractivity contribution in [2.75, 3.05) is 5.32 Å². The summed E-state index contributed by atoms with van der Waals surface area (Å²) in [5, 5.41) is 6.13. The molecule has 3 rings (SSSR count). The summed E-state index contributed by atoms with van der Waals surface area (Å²) in [4.78, 5) is 28.8. The van der Waals surface area contributed by atoms with Crippen LogP contribution in [0.4, 0.5) is 5.69 Å². The van der Waals surface area contributed by atoms with Crippen LogP contribution in [0.2, 0.25) is 5.02 Å². The Bertz CT molecular complexity index is 974. The number of pyridine rings is 1. The van der Waals surface area contributed by atoms with Crippen molar-refractivity contribution in [3.05, 3.63) is 94.3 Å². The van der Waals surface area contributed by atoms with E-state index in [1.807, 2.05) is 43.3 Å². The summed E-state index contributed by atoms with van der Waals surface area (Å²) >= 11 is 6.08. The number of benzene rings is 2. The number of halogens is 1. The lowest BCUT2D eigenvalue weighted by Gasteiger charge is -2.08. The molecule has 0 aliphatic carbocycles. The normalized spacial score (nSPS) is 10.3. The second-order valence-corrected chi connectivity index (χ2v) is 6.42. The molecule has 136 valence electrons. The van der Waals surface area contributed by atoms with Gasteiger partial charge in [-0.2, -0.15) is 0 Å². The molecule has 2 N–H and O–H groups in total. The molecular formula is C21H18ClN3O2. The maximum Gasteiger partial charge on any atom is 0.270 e. The Hall–Kier alpha value is -3.18. The zero-order valence-corrected chi connectivity index (χ0v) is 15.5. The summed E-state index contributed by atoms with van der Waals surface area (Å²) in [6.45, 7) is 2.27. The van der Waals surface area contributed by atoms with E-state index in [-0.39, 0.29) is 17.5 Å². The van der Waals surface area contributed by atoms with Crippen LogP contribution in [0.25, 0.3) is 0 Å². The van der Waals surface area contributed by atoms with E-state index in [1.165, 1.54) is 12.3 Å². The van der Waals surface area contributed by atoms with Gasteiger partial charge in [-0.15, -0.1) is 0 Å². The van der Waals surface area contributed by atoms with Crippen molar-refractivity contribution in [1.82, 2.24) is 10.3 Å². The van der Waals surface area contributed by atoms with Crippen LogP contribution in [0.5, 0.6) is 0 Å². The largest absolute Gasteiger partial charge is 0.347 e. The third kappa shape index (κ3) is 4.92. The first-order valence-electron chi connectivity index (χ1n) is 8.38. The highest BCUT2D eigenvalue weighted by Gasteiger charge is 2.12. The van der Waals surface area contributed by atoms with E-state index in [2.05, 4.69) is 15.6 Å². The van der Waals surface area contributed by atoms with Gasteiger partial charge in [-0.05, 0) is 42.3 Å². The van der Waals surface area contributed by atoms with Crippen molar-refractivity contribution >= 4 is 29.1 Å². The second kappa shape index (κ2) is 8.47. The highest BCUT2D eigenvalue weighted by atomic mass is 35.5. The number of nitrogens with one attached hydrogen (secondary N) is 2. The third-order valence-corrected chi connectivity index (χ3v) is 4.39. The number of anilines is 1. The minimum Gasteiger partial charge on any atom is -0.347 e. The SMILES string of the molecule is Cc1ccc(NC(=O)c2ccnc(C(=O)NCc3ccccc3)c2)cc1Cl. The number of hydrogen-bond donors (Lipinski definition) is 2. The van der Waals surface area contributed by atoms with Gasteiger partial charge >= 0.3 is 0 Å². The number of rotatable bonds is 5. The molecule has 0 bridgehead atoms. The zero-order valence-electron chi connectivity index (χ0n) is 14.7. The fraction of sp³-hybridized carbons (Fsp3) is 0.0952. The Balaban J connectivity index is 1.67. The molecule has 6 heteroatoms. The van der Waals surface area contributed by atoms with Crippen LogP contribution in [-0.4, -0.2) is 16.8 Å². The van der Waals surface area contributed by atoms with Crippen molar-refractivity contribution in [2.45, 2.75) is 13.5 Å². The van der Waals surface area contributed by atoms with Gasteiger partial charge in [0, 0.05) is 29.0 Å². The molecule has 2 aromatic carbocycles. The Kier molecular flexibility index (Phi) is 5.84. The molecule has 0 atom stereocenters. The lowest BCUT2D eigenvalue weighted by molar-refractivity contribution is 0.0946. The number of hydrogen-bond acceptors (Lipinski definition) is 3. The molecule has 1 heterocycles. The third-order valence-electron chi connectivity index (χ3n) is 3.98. The molecule has 5 nitrogen and oxygen atoms in total. The summed E-state index contributed by atoms with van der Waals surface area (Å²) in [6.07, 6.45) is 1.44. The summed E-state index contributed by atoms with van der Waals surface area (Å²) in [5.41, 5.74) is 3.02. The van der Waals surface area contributed by atoms with E-state index in [0.29, 0.717) is 22.8 Å². The minimum atomic E-state index is -0.341.